The molecule has 10 heteroatoms. The molecular formula is C20H23N5O4S. The van der Waals surface area contributed by atoms with Crippen LogP contribution in [-0.4, -0.2) is 45.3 Å². The number of carbonyl (C=O) groups is 2. The van der Waals surface area contributed by atoms with Gasteiger partial charge in [-0.25, -0.2) is 9.48 Å². The number of esters is 1. The first-order chi connectivity index (χ1) is 14.5. The number of benzene rings is 1. The lowest BCUT2D eigenvalue weighted by Gasteiger charge is -2.09. The summed E-state index contributed by atoms with van der Waals surface area (Å²) in [7, 11) is 1.66. The van der Waals surface area contributed by atoms with Crippen LogP contribution in [0.1, 0.15) is 36.5 Å². The van der Waals surface area contributed by atoms with E-state index in [4.69, 9.17) is 9.47 Å². The molecule has 0 atom stereocenters. The molecule has 3 aromatic rings. The fourth-order valence-electron chi connectivity index (χ4n) is 2.73. The largest absolute Gasteiger partial charge is 0.494 e. The van der Waals surface area contributed by atoms with Crippen LogP contribution in [0, 0.1) is 0 Å². The number of amides is 1. The van der Waals surface area contributed by atoms with Crippen LogP contribution in [0.4, 0.5) is 5.00 Å². The normalized spacial score (nSPS) is 10.6. The van der Waals surface area contributed by atoms with Gasteiger partial charge in [0.15, 0.2) is 5.82 Å². The first-order valence-corrected chi connectivity index (χ1v) is 10.4. The van der Waals surface area contributed by atoms with Gasteiger partial charge in [0.2, 0.25) is 5.91 Å². The molecule has 0 aliphatic carbocycles. The van der Waals surface area contributed by atoms with Gasteiger partial charge in [0.1, 0.15) is 16.3 Å². The minimum atomic E-state index is -0.490. The maximum atomic E-state index is 12.7. The number of aromatic nitrogens is 4. The summed E-state index contributed by atoms with van der Waals surface area (Å²) >= 11 is 1.27. The van der Waals surface area contributed by atoms with Crippen molar-refractivity contribution in [3.05, 3.63) is 41.0 Å². The van der Waals surface area contributed by atoms with Crippen molar-refractivity contribution in [3.8, 4) is 16.9 Å². The lowest BCUT2D eigenvalue weighted by Crippen LogP contribution is -2.18. The van der Waals surface area contributed by atoms with Gasteiger partial charge in [0, 0.05) is 18.0 Å². The van der Waals surface area contributed by atoms with E-state index in [0.29, 0.717) is 28.6 Å². The fraction of sp³-hybridized carbons (Fsp3) is 0.350. The summed E-state index contributed by atoms with van der Waals surface area (Å²) in [6.07, 6.45) is 0.912. The molecule has 0 saturated carbocycles. The maximum absolute atomic E-state index is 12.7. The van der Waals surface area contributed by atoms with Gasteiger partial charge in [-0.15, -0.1) is 16.4 Å². The molecule has 9 nitrogen and oxygen atoms in total. The van der Waals surface area contributed by atoms with Crippen LogP contribution in [0.3, 0.4) is 0 Å². The zero-order valence-corrected chi connectivity index (χ0v) is 17.9. The molecule has 1 amide bonds. The maximum Gasteiger partial charge on any atom is 0.341 e. The third kappa shape index (κ3) is 5.01. The Labute approximate surface area is 178 Å². The molecule has 1 aromatic carbocycles. The minimum absolute atomic E-state index is 0.0114. The predicted octanol–water partition coefficient (Wildman–Crippen LogP) is 3.09. The number of aryl methyl sites for hydroxylation is 1. The molecule has 0 aliphatic rings. The average molecular weight is 430 g/mol. The van der Waals surface area contributed by atoms with E-state index in [0.717, 1.165) is 17.7 Å². The van der Waals surface area contributed by atoms with Gasteiger partial charge >= 0.3 is 5.97 Å². The van der Waals surface area contributed by atoms with Crippen LogP contribution < -0.4 is 10.1 Å². The van der Waals surface area contributed by atoms with E-state index in [1.54, 1.807) is 14.0 Å². The summed E-state index contributed by atoms with van der Waals surface area (Å²) < 4.78 is 12.3. The molecule has 2 heterocycles. The van der Waals surface area contributed by atoms with Crippen LogP contribution in [-0.2, 0) is 23.0 Å². The molecule has 30 heavy (non-hydrogen) atoms. The number of carbonyl (C=O) groups excluding carboxylic acids is 2. The third-order valence-corrected chi connectivity index (χ3v) is 5.08. The van der Waals surface area contributed by atoms with Crippen LogP contribution >= 0.6 is 11.3 Å². The minimum Gasteiger partial charge on any atom is -0.494 e. The Bertz CT molecular complexity index is 1010. The van der Waals surface area contributed by atoms with Gasteiger partial charge in [-0.1, -0.05) is 19.1 Å². The Morgan fingerprint density at radius 3 is 2.60 bits per heavy atom. The van der Waals surface area contributed by atoms with Crippen molar-refractivity contribution < 1.29 is 19.1 Å². The van der Waals surface area contributed by atoms with Crippen molar-refractivity contribution in [2.45, 2.75) is 26.7 Å². The average Bonchev–Trinajstić information content (AvgIpc) is 3.33. The highest BCUT2D eigenvalue weighted by Gasteiger charge is 2.23. The highest BCUT2D eigenvalue weighted by molar-refractivity contribution is 7.15. The molecule has 0 saturated heterocycles. The molecule has 0 bridgehead atoms. The van der Waals surface area contributed by atoms with E-state index in [2.05, 4.69) is 20.8 Å². The van der Waals surface area contributed by atoms with Crippen molar-refractivity contribution in [2.24, 2.45) is 7.05 Å². The second-order valence-electron chi connectivity index (χ2n) is 6.39. The monoisotopic (exact) mass is 429 g/mol. The summed E-state index contributed by atoms with van der Waals surface area (Å²) in [5, 5.41) is 16.1. The van der Waals surface area contributed by atoms with Crippen molar-refractivity contribution in [2.75, 3.05) is 18.5 Å². The molecule has 2 aromatic heterocycles. The second kappa shape index (κ2) is 9.97. The number of rotatable bonds is 9. The van der Waals surface area contributed by atoms with Crippen LogP contribution in [0.5, 0.6) is 5.75 Å². The smallest absolute Gasteiger partial charge is 0.341 e. The van der Waals surface area contributed by atoms with Gasteiger partial charge < -0.3 is 14.8 Å². The molecule has 1 N–H and O–H groups in total. The lowest BCUT2D eigenvalue weighted by atomic mass is 10.0. The number of hydrogen-bond acceptors (Lipinski definition) is 8. The number of thiophene rings is 1. The molecule has 0 aliphatic heterocycles. The van der Waals surface area contributed by atoms with Crippen LogP contribution in [0.15, 0.2) is 29.6 Å². The van der Waals surface area contributed by atoms with Crippen LogP contribution in [0.2, 0.25) is 0 Å². The van der Waals surface area contributed by atoms with Crippen LogP contribution in [0.25, 0.3) is 11.1 Å². The summed E-state index contributed by atoms with van der Waals surface area (Å²) in [4.78, 5) is 25.1. The fourth-order valence-corrected chi connectivity index (χ4v) is 3.70. The lowest BCUT2D eigenvalue weighted by molar-refractivity contribution is -0.115. The van der Waals surface area contributed by atoms with E-state index in [9.17, 15) is 9.59 Å². The van der Waals surface area contributed by atoms with Gasteiger partial charge in [0.05, 0.1) is 19.6 Å². The van der Waals surface area contributed by atoms with Gasteiger partial charge in [0.25, 0.3) is 0 Å². The molecule has 3 rings (SSSR count). The Balaban J connectivity index is 1.85. The Morgan fingerprint density at radius 1 is 1.20 bits per heavy atom. The standard InChI is InChI=1S/C20H23N5O4S/c1-4-10-29-14-8-6-13(7-9-14)15-12-30-19(18(15)20(27)28-5-2)21-17(26)11-16-22-23-24-25(16)3/h6-9,12H,4-5,10-11H2,1-3H3,(H,21,26). The van der Waals surface area contributed by atoms with Gasteiger partial charge in [-0.3, -0.25) is 4.79 Å². The summed E-state index contributed by atoms with van der Waals surface area (Å²) in [5.41, 5.74) is 1.85. The zero-order valence-electron chi connectivity index (χ0n) is 17.0. The first kappa shape index (κ1) is 21.4. The van der Waals surface area contributed by atoms with Crippen molar-refractivity contribution in [1.82, 2.24) is 20.2 Å². The summed E-state index contributed by atoms with van der Waals surface area (Å²) in [5.74, 6) is 0.370. The zero-order chi connectivity index (χ0) is 21.5. The molecule has 0 spiro atoms. The number of ether oxygens (including phenoxy) is 2. The summed E-state index contributed by atoms with van der Waals surface area (Å²) in [6.45, 7) is 4.66. The van der Waals surface area contributed by atoms with E-state index in [1.165, 1.54) is 16.0 Å². The first-order valence-electron chi connectivity index (χ1n) is 9.56. The Kier molecular flexibility index (Phi) is 7.12. The third-order valence-electron chi connectivity index (χ3n) is 4.19. The van der Waals surface area contributed by atoms with Crippen molar-refractivity contribution in [1.29, 1.82) is 0 Å². The van der Waals surface area contributed by atoms with Crippen molar-refractivity contribution in [3.63, 3.8) is 0 Å². The number of nitrogens with zero attached hydrogens (tertiary/aromatic N) is 4. The van der Waals surface area contributed by atoms with E-state index in [-0.39, 0.29) is 18.9 Å². The molecular weight excluding hydrogens is 406 g/mol. The van der Waals surface area contributed by atoms with E-state index in [1.807, 2.05) is 36.6 Å². The van der Waals surface area contributed by atoms with E-state index >= 15 is 0 Å². The Morgan fingerprint density at radius 2 is 1.97 bits per heavy atom. The quantitative estimate of drug-likeness (QED) is 0.521. The van der Waals surface area contributed by atoms with E-state index < -0.39 is 5.97 Å². The molecule has 0 fully saturated rings. The topological polar surface area (TPSA) is 108 Å². The SMILES string of the molecule is CCCOc1ccc(-c2csc(NC(=O)Cc3nnnn3C)c2C(=O)OCC)cc1. The van der Waals surface area contributed by atoms with Crippen molar-refractivity contribution >= 4 is 28.2 Å². The van der Waals surface area contributed by atoms with Gasteiger partial charge in [-0.2, -0.15) is 0 Å². The second-order valence-corrected chi connectivity index (χ2v) is 7.27. The molecule has 0 radical (unpaired) electrons. The number of tetrazole rings is 1. The highest BCUT2D eigenvalue weighted by Crippen LogP contribution is 2.37. The van der Waals surface area contributed by atoms with Gasteiger partial charge in [-0.05, 0) is 41.5 Å². The molecule has 0 unspecified atom stereocenters. The predicted molar refractivity (Wildman–Crippen MR) is 113 cm³/mol. The molecule has 158 valence electrons. The number of anilines is 1. The Hall–Kier alpha value is -3.27. The highest BCUT2D eigenvalue weighted by atomic mass is 32.1. The summed E-state index contributed by atoms with van der Waals surface area (Å²) in [6, 6.07) is 7.48. The number of nitrogens with one attached hydrogen (secondary N) is 1. The number of hydrogen-bond donors (Lipinski definition) is 1.